The Morgan fingerprint density at radius 1 is 0.247 bits per heavy atom. The molecule has 1 unspecified atom stereocenters. The van der Waals surface area contributed by atoms with Crippen LogP contribution in [0.4, 0.5) is 0 Å². The van der Waals surface area contributed by atoms with Gasteiger partial charge in [-0.1, -0.05) is 339 Å². The maximum Gasteiger partial charge on any atom is 0.306 e. The van der Waals surface area contributed by atoms with Crippen LogP contribution in [0.15, 0.2) is 48.6 Å². The molecule has 0 spiro atoms. The number of ether oxygens (including phenoxy) is 3. The molecular formula is C75H138O6. The molecule has 0 saturated heterocycles. The van der Waals surface area contributed by atoms with Gasteiger partial charge in [0.05, 0.1) is 0 Å². The molecule has 0 aliphatic heterocycles. The summed E-state index contributed by atoms with van der Waals surface area (Å²) < 4.78 is 17.0. The van der Waals surface area contributed by atoms with Crippen LogP contribution in [0.25, 0.3) is 0 Å². The number of hydrogen-bond donors (Lipinski definition) is 0. The van der Waals surface area contributed by atoms with Gasteiger partial charge in [-0.3, -0.25) is 14.4 Å². The molecule has 0 aliphatic rings. The minimum absolute atomic E-state index is 0.0775. The van der Waals surface area contributed by atoms with E-state index < -0.39 is 6.10 Å². The summed E-state index contributed by atoms with van der Waals surface area (Å²) in [6.07, 6.45) is 88.7. The number of rotatable bonds is 67. The summed E-state index contributed by atoms with van der Waals surface area (Å²) in [6.45, 7) is 6.64. The normalized spacial score (nSPS) is 12.3. The molecule has 0 aromatic carbocycles. The van der Waals surface area contributed by atoms with E-state index in [1.54, 1.807) is 0 Å². The minimum atomic E-state index is -0.783. The molecule has 81 heavy (non-hydrogen) atoms. The predicted molar refractivity (Wildman–Crippen MR) is 353 cm³/mol. The summed E-state index contributed by atoms with van der Waals surface area (Å²) >= 11 is 0. The highest BCUT2D eigenvalue weighted by Gasteiger charge is 2.19. The van der Waals surface area contributed by atoms with Crippen LogP contribution < -0.4 is 0 Å². The van der Waals surface area contributed by atoms with Crippen molar-refractivity contribution in [2.75, 3.05) is 13.2 Å². The highest BCUT2D eigenvalue weighted by atomic mass is 16.6. The topological polar surface area (TPSA) is 78.9 Å². The first-order chi connectivity index (χ1) is 40.0. The third-order valence-electron chi connectivity index (χ3n) is 16.3. The third kappa shape index (κ3) is 68.0. The maximum atomic E-state index is 12.9. The molecule has 0 fully saturated rings. The molecule has 6 nitrogen and oxygen atoms in total. The molecule has 474 valence electrons. The number of hydrogen-bond acceptors (Lipinski definition) is 6. The monoisotopic (exact) mass is 1140 g/mol. The van der Waals surface area contributed by atoms with Gasteiger partial charge in [0.15, 0.2) is 6.10 Å². The maximum absolute atomic E-state index is 12.9. The fourth-order valence-corrected chi connectivity index (χ4v) is 10.9. The van der Waals surface area contributed by atoms with E-state index in [1.807, 2.05) is 0 Å². The molecule has 0 heterocycles. The molecule has 0 aliphatic carbocycles. The zero-order valence-electron chi connectivity index (χ0n) is 54.6. The predicted octanol–water partition coefficient (Wildman–Crippen LogP) is 24.9. The molecule has 0 bridgehead atoms. The molecule has 0 aromatic rings. The van der Waals surface area contributed by atoms with Gasteiger partial charge in [-0.05, 0) is 83.5 Å². The first-order valence-electron chi connectivity index (χ1n) is 36.1. The van der Waals surface area contributed by atoms with Crippen molar-refractivity contribution >= 4 is 17.9 Å². The summed E-state index contributed by atoms with van der Waals surface area (Å²) in [7, 11) is 0. The molecular weight excluding hydrogens is 997 g/mol. The van der Waals surface area contributed by atoms with Crippen LogP contribution in [-0.4, -0.2) is 37.2 Å². The van der Waals surface area contributed by atoms with E-state index >= 15 is 0 Å². The van der Waals surface area contributed by atoms with Crippen molar-refractivity contribution < 1.29 is 28.6 Å². The van der Waals surface area contributed by atoms with Crippen molar-refractivity contribution in [1.29, 1.82) is 0 Å². The molecule has 1 atom stereocenters. The molecule has 0 rings (SSSR count). The highest BCUT2D eigenvalue weighted by molar-refractivity contribution is 5.71. The van der Waals surface area contributed by atoms with Crippen molar-refractivity contribution in [1.82, 2.24) is 0 Å². The minimum Gasteiger partial charge on any atom is -0.462 e. The van der Waals surface area contributed by atoms with Crippen LogP contribution in [0.5, 0.6) is 0 Å². The summed E-state index contributed by atoms with van der Waals surface area (Å²) in [5, 5.41) is 0. The fraction of sp³-hybridized carbons (Fsp3) is 0.853. The second-order valence-corrected chi connectivity index (χ2v) is 24.5. The van der Waals surface area contributed by atoms with E-state index in [-0.39, 0.29) is 31.1 Å². The third-order valence-corrected chi connectivity index (χ3v) is 16.3. The van der Waals surface area contributed by atoms with Crippen molar-refractivity contribution in [3.8, 4) is 0 Å². The molecule has 0 aromatic heterocycles. The zero-order chi connectivity index (χ0) is 58.5. The summed E-state index contributed by atoms with van der Waals surface area (Å²) in [5.74, 6) is -0.876. The number of unbranched alkanes of at least 4 members (excludes halogenated alkanes) is 48. The van der Waals surface area contributed by atoms with Gasteiger partial charge in [-0.25, -0.2) is 0 Å². The van der Waals surface area contributed by atoms with Crippen LogP contribution in [-0.2, 0) is 28.6 Å². The highest BCUT2D eigenvalue weighted by Crippen LogP contribution is 2.19. The van der Waals surface area contributed by atoms with Gasteiger partial charge in [-0.2, -0.15) is 0 Å². The van der Waals surface area contributed by atoms with E-state index in [2.05, 4.69) is 69.4 Å². The lowest BCUT2D eigenvalue weighted by atomic mass is 10.0. The summed E-state index contributed by atoms with van der Waals surface area (Å²) in [6, 6.07) is 0. The summed E-state index contributed by atoms with van der Waals surface area (Å²) in [4.78, 5) is 38.4. The average Bonchev–Trinajstić information content (AvgIpc) is 3.46. The number of carbonyl (C=O) groups excluding carboxylic acids is 3. The fourth-order valence-electron chi connectivity index (χ4n) is 10.9. The van der Waals surface area contributed by atoms with Crippen LogP contribution in [0.1, 0.15) is 393 Å². The Hall–Kier alpha value is -2.63. The molecule has 0 saturated carbocycles. The van der Waals surface area contributed by atoms with Gasteiger partial charge >= 0.3 is 17.9 Å². The number of esters is 3. The van der Waals surface area contributed by atoms with Gasteiger partial charge < -0.3 is 14.2 Å². The second kappa shape index (κ2) is 69.9. The number of carbonyl (C=O) groups is 3. The van der Waals surface area contributed by atoms with Crippen LogP contribution in [0.3, 0.4) is 0 Å². The van der Waals surface area contributed by atoms with Crippen LogP contribution in [0.2, 0.25) is 0 Å². The molecule has 0 N–H and O–H groups in total. The Balaban J connectivity index is 4.17. The van der Waals surface area contributed by atoms with Crippen molar-refractivity contribution in [3.63, 3.8) is 0 Å². The zero-order valence-corrected chi connectivity index (χ0v) is 54.6. The van der Waals surface area contributed by atoms with Crippen molar-refractivity contribution in [2.45, 2.75) is 399 Å². The van der Waals surface area contributed by atoms with Crippen LogP contribution >= 0.6 is 0 Å². The van der Waals surface area contributed by atoms with E-state index in [0.717, 1.165) is 89.9 Å². The van der Waals surface area contributed by atoms with Gasteiger partial charge in [-0.15, -0.1) is 0 Å². The van der Waals surface area contributed by atoms with Crippen molar-refractivity contribution in [2.24, 2.45) is 0 Å². The largest absolute Gasteiger partial charge is 0.462 e. The lowest BCUT2D eigenvalue weighted by Gasteiger charge is -2.18. The summed E-state index contributed by atoms with van der Waals surface area (Å²) in [5.41, 5.74) is 0. The van der Waals surface area contributed by atoms with Gasteiger partial charge in [0.25, 0.3) is 0 Å². The Bertz CT molecular complexity index is 1400. The van der Waals surface area contributed by atoms with E-state index in [4.69, 9.17) is 14.2 Å². The van der Waals surface area contributed by atoms with E-state index in [9.17, 15) is 14.4 Å². The Morgan fingerprint density at radius 3 is 0.741 bits per heavy atom. The van der Waals surface area contributed by atoms with E-state index in [0.29, 0.717) is 19.3 Å². The Labute approximate surface area is 505 Å². The SMILES string of the molecule is CCCCC/C=C\C/C=C\C/C=C\CCCCCCCCC(=O)OC(COC(=O)CCCCCCC/C=C\CCCCCC)COC(=O)CCCCCCCCCCCCCCCCCCCCCCCCCCCCCCCCC. The second-order valence-electron chi connectivity index (χ2n) is 24.5. The van der Waals surface area contributed by atoms with Gasteiger partial charge in [0.2, 0.25) is 0 Å². The Kier molecular flexibility index (Phi) is 67.6. The smallest absolute Gasteiger partial charge is 0.306 e. The Morgan fingerprint density at radius 2 is 0.444 bits per heavy atom. The average molecular weight is 1140 g/mol. The standard InChI is InChI=1S/C75H138O6/c1-4-7-10-13-16-19-22-25-27-29-31-32-33-34-35-36-37-38-39-40-41-42-44-45-47-50-53-56-59-62-65-68-74(77)80-71-72(70-79-73(76)67-64-61-58-55-52-49-24-21-18-15-12-9-6-3)81-75(78)69-66-63-60-57-54-51-48-46-43-30-28-26-23-20-17-14-11-8-5-2/h17,20-21,24,26,28,43,46,72H,4-16,18-19,22-23,25,27,29-42,44-45,47-71H2,1-3H3/b20-17-,24-21-,28-26-,46-43-. The van der Waals surface area contributed by atoms with Crippen LogP contribution in [0, 0.1) is 0 Å². The van der Waals surface area contributed by atoms with E-state index in [1.165, 1.54) is 263 Å². The molecule has 0 amide bonds. The molecule has 0 radical (unpaired) electrons. The lowest BCUT2D eigenvalue weighted by molar-refractivity contribution is -0.167. The van der Waals surface area contributed by atoms with Gasteiger partial charge in [0.1, 0.15) is 13.2 Å². The van der Waals surface area contributed by atoms with Gasteiger partial charge in [0, 0.05) is 19.3 Å². The first-order valence-corrected chi connectivity index (χ1v) is 36.1. The number of allylic oxidation sites excluding steroid dienone is 8. The molecule has 6 heteroatoms. The lowest BCUT2D eigenvalue weighted by Crippen LogP contribution is -2.30. The quantitative estimate of drug-likeness (QED) is 0.0261. The first kappa shape index (κ1) is 78.4. The van der Waals surface area contributed by atoms with Crippen molar-refractivity contribution in [3.05, 3.63) is 48.6 Å².